The van der Waals surface area contributed by atoms with E-state index in [4.69, 9.17) is 15.2 Å². The number of carbonyl (C=O) groups is 2. The molecular weight excluding hydrogens is 450 g/mol. The molecule has 0 aliphatic carbocycles. The van der Waals surface area contributed by atoms with Crippen molar-refractivity contribution in [2.45, 2.75) is 6.54 Å². The van der Waals surface area contributed by atoms with Crippen LogP contribution in [-0.2, 0) is 18.3 Å². The summed E-state index contributed by atoms with van der Waals surface area (Å²) in [5, 5.41) is 1.66. The SMILES string of the molecule is COc1cc2ccccc2cc1C(=O)OCC(=O)c1c(N)n(Cc2ccccc2)c(=O)n(C)c1=O. The zero-order valence-electron chi connectivity index (χ0n) is 19.2. The van der Waals surface area contributed by atoms with Crippen molar-refractivity contribution in [2.75, 3.05) is 19.5 Å². The summed E-state index contributed by atoms with van der Waals surface area (Å²) in [7, 11) is 2.68. The molecule has 0 fully saturated rings. The first kappa shape index (κ1) is 23.5. The number of fused-ring (bicyclic) bond motifs is 1. The number of aromatic nitrogens is 2. The van der Waals surface area contributed by atoms with E-state index in [1.165, 1.54) is 14.2 Å². The third-order valence-electron chi connectivity index (χ3n) is 5.67. The van der Waals surface area contributed by atoms with Crippen molar-refractivity contribution in [3.05, 3.63) is 104 Å². The van der Waals surface area contributed by atoms with Gasteiger partial charge in [0.2, 0.25) is 5.78 Å². The molecule has 35 heavy (non-hydrogen) atoms. The molecule has 9 heteroatoms. The zero-order valence-corrected chi connectivity index (χ0v) is 19.2. The number of carbonyl (C=O) groups excluding carboxylic acids is 2. The van der Waals surface area contributed by atoms with Gasteiger partial charge in [0.25, 0.3) is 5.56 Å². The number of anilines is 1. The Labute approximate surface area is 199 Å². The summed E-state index contributed by atoms with van der Waals surface area (Å²) in [5.74, 6) is -1.62. The largest absolute Gasteiger partial charge is 0.496 e. The standard InChI is InChI=1S/C26H23N3O6/c1-28-24(31)22(23(27)29(26(28)33)14-16-8-4-3-5-9-16)20(30)15-35-25(32)19-12-17-10-6-7-11-18(17)13-21(19)34-2/h3-13H,14-15,27H2,1-2H3. The number of Topliss-reactive ketones (excluding diaryl/α,β-unsaturated/α-hetero) is 1. The number of hydrogen-bond acceptors (Lipinski definition) is 7. The van der Waals surface area contributed by atoms with Gasteiger partial charge in [-0.05, 0) is 28.5 Å². The lowest BCUT2D eigenvalue weighted by atomic mass is 10.1. The van der Waals surface area contributed by atoms with E-state index in [1.807, 2.05) is 30.3 Å². The van der Waals surface area contributed by atoms with E-state index in [0.717, 1.165) is 25.5 Å². The number of nitrogens with zero attached hydrogens (tertiary/aromatic N) is 2. The molecule has 1 aromatic heterocycles. The number of esters is 1. The monoisotopic (exact) mass is 473 g/mol. The van der Waals surface area contributed by atoms with Gasteiger partial charge in [0.15, 0.2) is 6.61 Å². The second-order valence-corrected chi connectivity index (χ2v) is 7.88. The number of benzene rings is 3. The molecule has 0 amide bonds. The highest BCUT2D eigenvalue weighted by Gasteiger charge is 2.24. The van der Waals surface area contributed by atoms with Crippen LogP contribution >= 0.6 is 0 Å². The van der Waals surface area contributed by atoms with Crippen LogP contribution in [0, 0.1) is 0 Å². The molecule has 178 valence electrons. The molecule has 0 aliphatic rings. The van der Waals surface area contributed by atoms with Crippen LogP contribution in [0.25, 0.3) is 10.8 Å². The van der Waals surface area contributed by atoms with Gasteiger partial charge in [-0.3, -0.25) is 18.7 Å². The summed E-state index contributed by atoms with van der Waals surface area (Å²) >= 11 is 0. The van der Waals surface area contributed by atoms with E-state index in [0.29, 0.717) is 0 Å². The summed E-state index contributed by atoms with van der Waals surface area (Å²) in [4.78, 5) is 51.1. The molecule has 0 aliphatic heterocycles. The molecule has 0 unspecified atom stereocenters. The highest BCUT2D eigenvalue weighted by atomic mass is 16.5. The zero-order chi connectivity index (χ0) is 25.1. The predicted octanol–water partition coefficient (Wildman–Crippen LogP) is 2.38. The fourth-order valence-corrected chi connectivity index (χ4v) is 3.79. The van der Waals surface area contributed by atoms with E-state index >= 15 is 0 Å². The maximum absolute atomic E-state index is 12.9. The highest BCUT2D eigenvalue weighted by molar-refractivity contribution is 6.03. The van der Waals surface area contributed by atoms with Crippen molar-refractivity contribution in [2.24, 2.45) is 7.05 Å². The molecule has 9 nitrogen and oxygen atoms in total. The van der Waals surface area contributed by atoms with Gasteiger partial charge in [0.1, 0.15) is 22.7 Å². The minimum absolute atomic E-state index is 0.0635. The lowest BCUT2D eigenvalue weighted by molar-refractivity contribution is 0.0471. The Bertz CT molecular complexity index is 1550. The summed E-state index contributed by atoms with van der Waals surface area (Å²) < 4.78 is 12.5. The van der Waals surface area contributed by atoms with Crippen molar-refractivity contribution in [1.29, 1.82) is 0 Å². The predicted molar refractivity (Wildman–Crippen MR) is 131 cm³/mol. The summed E-state index contributed by atoms with van der Waals surface area (Å²) in [6, 6.07) is 19.7. The molecule has 0 atom stereocenters. The minimum atomic E-state index is -0.860. The third-order valence-corrected chi connectivity index (χ3v) is 5.67. The molecule has 2 N–H and O–H groups in total. The highest BCUT2D eigenvalue weighted by Crippen LogP contribution is 2.26. The fraction of sp³-hybridized carbons (Fsp3) is 0.154. The first-order valence-corrected chi connectivity index (χ1v) is 10.7. The molecule has 1 heterocycles. The van der Waals surface area contributed by atoms with Gasteiger partial charge in [-0.2, -0.15) is 0 Å². The maximum atomic E-state index is 12.9. The van der Waals surface area contributed by atoms with Crippen LogP contribution < -0.4 is 21.7 Å². The van der Waals surface area contributed by atoms with Crippen molar-refractivity contribution < 1.29 is 19.1 Å². The number of ether oxygens (including phenoxy) is 2. The molecule has 0 bridgehead atoms. The van der Waals surface area contributed by atoms with Gasteiger partial charge in [-0.1, -0.05) is 54.6 Å². The smallest absolute Gasteiger partial charge is 0.342 e. The molecule has 0 spiro atoms. The Balaban J connectivity index is 1.62. The lowest BCUT2D eigenvalue weighted by Gasteiger charge is -2.15. The molecule has 4 aromatic rings. The maximum Gasteiger partial charge on any atom is 0.342 e. The molecule has 3 aromatic carbocycles. The van der Waals surface area contributed by atoms with Gasteiger partial charge in [0.05, 0.1) is 13.7 Å². The lowest BCUT2D eigenvalue weighted by Crippen LogP contribution is -2.43. The van der Waals surface area contributed by atoms with E-state index in [2.05, 4.69) is 0 Å². The second-order valence-electron chi connectivity index (χ2n) is 7.88. The number of nitrogen functional groups attached to an aromatic ring is 1. The van der Waals surface area contributed by atoms with Crippen LogP contribution in [0.15, 0.2) is 76.3 Å². The number of methoxy groups -OCH3 is 1. The van der Waals surface area contributed by atoms with Crippen LogP contribution in [0.3, 0.4) is 0 Å². The van der Waals surface area contributed by atoms with Crippen LogP contribution in [0.5, 0.6) is 5.75 Å². The van der Waals surface area contributed by atoms with Crippen LogP contribution in [0.1, 0.15) is 26.3 Å². The van der Waals surface area contributed by atoms with E-state index in [1.54, 1.807) is 36.4 Å². The summed E-state index contributed by atoms with van der Waals surface area (Å²) in [6.45, 7) is -0.675. The minimum Gasteiger partial charge on any atom is -0.496 e. The van der Waals surface area contributed by atoms with Crippen molar-refractivity contribution in [1.82, 2.24) is 9.13 Å². The Kier molecular flexibility index (Phi) is 6.50. The van der Waals surface area contributed by atoms with E-state index < -0.39 is 35.2 Å². The van der Waals surface area contributed by atoms with E-state index in [-0.39, 0.29) is 23.7 Å². The van der Waals surface area contributed by atoms with Crippen molar-refractivity contribution in [3.8, 4) is 5.75 Å². The molecule has 0 saturated heterocycles. The van der Waals surface area contributed by atoms with Gasteiger partial charge < -0.3 is 15.2 Å². The van der Waals surface area contributed by atoms with Gasteiger partial charge in [-0.15, -0.1) is 0 Å². The van der Waals surface area contributed by atoms with E-state index in [9.17, 15) is 19.2 Å². The van der Waals surface area contributed by atoms with Crippen molar-refractivity contribution >= 4 is 28.3 Å². The average molecular weight is 473 g/mol. The fourth-order valence-electron chi connectivity index (χ4n) is 3.79. The molecule has 0 saturated carbocycles. The summed E-state index contributed by atoms with van der Waals surface area (Å²) in [6.07, 6.45) is 0. The Morgan fingerprint density at radius 2 is 1.57 bits per heavy atom. The van der Waals surface area contributed by atoms with Crippen LogP contribution in [0.4, 0.5) is 5.82 Å². The van der Waals surface area contributed by atoms with Crippen molar-refractivity contribution in [3.63, 3.8) is 0 Å². The first-order chi connectivity index (χ1) is 16.8. The normalized spacial score (nSPS) is 10.8. The number of ketones is 1. The van der Waals surface area contributed by atoms with Gasteiger partial charge in [0, 0.05) is 7.05 Å². The summed E-state index contributed by atoms with van der Waals surface area (Å²) in [5.41, 5.74) is 5.05. The average Bonchev–Trinajstić information content (AvgIpc) is 2.88. The third kappa shape index (κ3) is 4.56. The number of rotatable bonds is 7. The van der Waals surface area contributed by atoms with Crippen LogP contribution in [-0.4, -0.2) is 34.6 Å². The Morgan fingerprint density at radius 3 is 2.23 bits per heavy atom. The Morgan fingerprint density at radius 1 is 0.943 bits per heavy atom. The molecule has 0 radical (unpaired) electrons. The Hall–Kier alpha value is -4.66. The molecular formula is C26H23N3O6. The van der Waals surface area contributed by atoms with Gasteiger partial charge >= 0.3 is 11.7 Å². The second kappa shape index (κ2) is 9.68. The number of nitrogens with two attached hydrogens (primary N) is 1. The first-order valence-electron chi connectivity index (χ1n) is 10.7. The number of hydrogen-bond donors (Lipinski definition) is 1. The molecule has 4 rings (SSSR count). The topological polar surface area (TPSA) is 123 Å². The van der Waals surface area contributed by atoms with Gasteiger partial charge in [-0.25, -0.2) is 9.59 Å². The van der Waals surface area contributed by atoms with Crippen LogP contribution in [0.2, 0.25) is 0 Å². The quantitative estimate of drug-likeness (QED) is 0.323.